The third-order valence-corrected chi connectivity index (χ3v) is 3.90. The monoisotopic (exact) mass is 560 g/mol. The second-order valence-corrected chi connectivity index (χ2v) is 7.53. The van der Waals surface area contributed by atoms with Crippen molar-refractivity contribution < 1.29 is 38.0 Å². The highest BCUT2D eigenvalue weighted by atomic mass is 16.9. The predicted molar refractivity (Wildman–Crippen MR) is 152 cm³/mol. The number of anilines is 1. The third-order valence-electron chi connectivity index (χ3n) is 3.90. The summed E-state index contributed by atoms with van der Waals surface area (Å²) in [6, 6.07) is 1.83. The fourth-order valence-corrected chi connectivity index (χ4v) is 2.48. The van der Waals surface area contributed by atoms with Gasteiger partial charge in [-0.25, -0.2) is 0 Å². The minimum atomic E-state index is -0.849. The summed E-state index contributed by atoms with van der Waals surface area (Å²) in [6.45, 7) is 21.2. The second kappa shape index (κ2) is 25.2. The molecule has 0 unspecified atom stereocenters. The normalized spacial score (nSPS) is 10.4. The van der Waals surface area contributed by atoms with Crippen LogP contribution in [0.4, 0.5) is 5.82 Å². The van der Waals surface area contributed by atoms with Crippen LogP contribution in [0.25, 0.3) is 0 Å². The van der Waals surface area contributed by atoms with Gasteiger partial charge in [-0.3, -0.25) is 14.3 Å². The van der Waals surface area contributed by atoms with Crippen LogP contribution in [0.5, 0.6) is 0 Å². The van der Waals surface area contributed by atoms with Crippen molar-refractivity contribution in [1.82, 2.24) is 9.78 Å². The lowest BCUT2D eigenvalue weighted by atomic mass is 10.4. The number of aromatic nitrogens is 2. The Bertz CT molecular complexity index is 793. The Morgan fingerprint density at radius 3 is 1.49 bits per heavy atom. The number of aryl methyl sites for hydroxylation is 2. The van der Waals surface area contributed by atoms with E-state index in [0.717, 1.165) is 5.69 Å². The Labute approximate surface area is 234 Å². The summed E-state index contributed by atoms with van der Waals surface area (Å²) < 4.78 is 32.3. The van der Waals surface area contributed by atoms with E-state index in [1.807, 2.05) is 54.7 Å². The Kier molecular flexibility index (Phi) is 26.1. The number of carbonyl (C=O) groups excluding carboxylic acids is 2. The number of ether oxygens (including phenoxy) is 6. The van der Waals surface area contributed by atoms with Gasteiger partial charge in [-0.2, -0.15) is 5.10 Å². The smallest absolute Gasteiger partial charge is 0.282 e. The first-order chi connectivity index (χ1) is 18.2. The quantitative estimate of drug-likeness (QED) is 0.192. The van der Waals surface area contributed by atoms with Crippen molar-refractivity contribution in [2.24, 2.45) is 12.8 Å². The average Bonchev–Trinajstić information content (AvgIpc) is 3.10. The van der Waals surface area contributed by atoms with Gasteiger partial charge in [0, 0.05) is 51.6 Å². The van der Waals surface area contributed by atoms with Crippen molar-refractivity contribution >= 4 is 17.4 Å². The zero-order chi connectivity index (χ0) is 30.9. The molecule has 1 aromatic rings. The standard InChI is InChI=1S/C8H18O3.C8H14O3.C6H11NO2.C5H9N3/c1-5-9-8(4,10-6-2)11-7-3;1-4-10-8(11-5-2)6-7(3)9;1-3-9-6(7)4-5(2)8;1-4-3-5(6)7-8(4)2/h5-7H2,1-4H3;6H,4-5H2,1-3H3;4H,3,7H2,1-2H3;3H,1-2H3,(H2,6,7)/b;;6-4+;. The summed E-state index contributed by atoms with van der Waals surface area (Å²) in [4.78, 5) is 20.9. The van der Waals surface area contributed by atoms with E-state index in [4.69, 9.17) is 39.9 Å². The molecule has 1 heterocycles. The van der Waals surface area contributed by atoms with Crippen LogP contribution in [-0.2, 0) is 45.1 Å². The molecule has 4 N–H and O–H groups in total. The SMILES string of the molecule is CCO/C(N)=C/C(C)=O.CCOC(=CC(C)=O)OCC.CCOC(C)(OCC)OCC.Cc1cc(N)nn1C. The zero-order valence-electron chi connectivity index (χ0n) is 25.8. The van der Waals surface area contributed by atoms with Gasteiger partial charge >= 0.3 is 0 Å². The lowest BCUT2D eigenvalue weighted by Gasteiger charge is -2.27. The van der Waals surface area contributed by atoms with Crippen molar-refractivity contribution in [2.45, 2.75) is 75.2 Å². The molecular weight excluding hydrogens is 508 g/mol. The van der Waals surface area contributed by atoms with Gasteiger partial charge in [0.2, 0.25) is 0 Å². The third kappa shape index (κ3) is 26.3. The lowest BCUT2D eigenvalue weighted by molar-refractivity contribution is -0.365. The highest BCUT2D eigenvalue weighted by Crippen LogP contribution is 2.13. The molecule has 1 rings (SSSR count). The molecule has 39 heavy (non-hydrogen) atoms. The molecule has 1 aromatic heterocycles. The van der Waals surface area contributed by atoms with Crippen LogP contribution in [0.15, 0.2) is 30.0 Å². The maximum Gasteiger partial charge on any atom is 0.282 e. The molecule has 0 bridgehead atoms. The first-order valence-electron chi connectivity index (χ1n) is 13.0. The Balaban J connectivity index is -0.000000446. The van der Waals surface area contributed by atoms with E-state index in [0.29, 0.717) is 51.4 Å². The minimum absolute atomic E-state index is 0.0677. The summed E-state index contributed by atoms with van der Waals surface area (Å²) in [5.74, 6) is 0.0680. The maximum absolute atomic E-state index is 10.6. The largest absolute Gasteiger partial charge is 0.480 e. The van der Waals surface area contributed by atoms with E-state index in [-0.39, 0.29) is 17.4 Å². The number of nitrogens with zero attached hydrogens (tertiary/aromatic N) is 2. The van der Waals surface area contributed by atoms with Crippen LogP contribution in [0, 0.1) is 6.92 Å². The van der Waals surface area contributed by atoms with Gasteiger partial charge in [0.15, 0.2) is 17.4 Å². The fraction of sp³-hybridized carbons (Fsp3) is 0.667. The van der Waals surface area contributed by atoms with Crippen LogP contribution in [0.1, 0.15) is 68.0 Å². The van der Waals surface area contributed by atoms with Crippen molar-refractivity contribution in [3.63, 3.8) is 0 Å². The number of allylic oxidation sites excluding steroid dienone is 2. The maximum atomic E-state index is 10.6. The Morgan fingerprint density at radius 2 is 1.26 bits per heavy atom. The van der Waals surface area contributed by atoms with Gasteiger partial charge in [0.25, 0.3) is 11.9 Å². The summed E-state index contributed by atoms with van der Waals surface area (Å²) >= 11 is 0. The molecule has 0 atom stereocenters. The number of hydrogen-bond donors (Lipinski definition) is 2. The van der Waals surface area contributed by atoms with E-state index in [1.54, 1.807) is 18.5 Å². The first-order valence-corrected chi connectivity index (χ1v) is 13.0. The number of nitrogen functional groups attached to an aromatic ring is 1. The molecule has 0 saturated carbocycles. The lowest BCUT2D eigenvalue weighted by Crippen LogP contribution is -2.35. The molecule has 12 nitrogen and oxygen atoms in total. The number of nitrogens with two attached hydrogens (primary N) is 2. The fourth-order valence-electron chi connectivity index (χ4n) is 2.48. The molecule has 0 radical (unpaired) electrons. The van der Waals surface area contributed by atoms with Crippen LogP contribution in [0.2, 0.25) is 0 Å². The molecule has 0 aromatic carbocycles. The summed E-state index contributed by atoms with van der Waals surface area (Å²) in [7, 11) is 1.87. The Morgan fingerprint density at radius 1 is 0.846 bits per heavy atom. The molecule has 228 valence electrons. The average molecular weight is 561 g/mol. The van der Waals surface area contributed by atoms with Crippen molar-refractivity contribution in [3.8, 4) is 0 Å². The van der Waals surface area contributed by atoms with E-state index < -0.39 is 5.97 Å². The molecule has 0 saturated heterocycles. The van der Waals surface area contributed by atoms with Crippen LogP contribution in [-0.4, -0.2) is 67.0 Å². The van der Waals surface area contributed by atoms with E-state index in [1.165, 1.54) is 26.0 Å². The predicted octanol–water partition coefficient (Wildman–Crippen LogP) is 3.98. The topological polar surface area (TPSA) is 159 Å². The molecular formula is C27H52N4O8. The highest BCUT2D eigenvalue weighted by molar-refractivity contribution is 5.87. The second-order valence-electron chi connectivity index (χ2n) is 7.53. The summed E-state index contributed by atoms with van der Waals surface area (Å²) in [6.07, 6.45) is 2.59. The number of ketones is 2. The van der Waals surface area contributed by atoms with Crippen LogP contribution < -0.4 is 11.5 Å². The molecule has 12 heteroatoms. The molecule has 0 aliphatic carbocycles. The van der Waals surface area contributed by atoms with Gasteiger partial charge in [0.1, 0.15) is 5.82 Å². The molecule has 0 aliphatic heterocycles. The molecule has 0 fully saturated rings. The van der Waals surface area contributed by atoms with Gasteiger partial charge in [-0.15, -0.1) is 0 Å². The van der Waals surface area contributed by atoms with Crippen LogP contribution >= 0.6 is 0 Å². The van der Waals surface area contributed by atoms with Gasteiger partial charge < -0.3 is 39.9 Å². The number of hydrogen-bond acceptors (Lipinski definition) is 11. The highest BCUT2D eigenvalue weighted by Gasteiger charge is 2.24. The van der Waals surface area contributed by atoms with Gasteiger partial charge in [-0.05, 0) is 62.3 Å². The van der Waals surface area contributed by atoms with E-state index in [9.17, 15) is 9.59 Å². The van der Waals surface area contributed by atoms with E-state index >= 15 is 0 Å². The molecule has 0 amide bonds. The summed E-state index contributed by atoms with van der Waals surface area (Å²) in [5, 5.41) is 3.91. The van der Waals surface area contributed by atoms with Crippen molar-refractivity contribution in [1.29, 1.82) is 0 Å². The molecule has 0 aliphatic rings. The van der Waals surface area contributed by atoms with Crippen LogP contribution in [0.3, 0.4) is 0 Å². The van der Waals surface area contributed by atoms with Crippen molar-refractivity contribution in [2.75, 3.05) is 45.4 Å². The number of carbonyl (C=O) groups is 2. The van der Waals surface area contributed by atoms with E-state index in [2.05, 4.69) is 5.10 Å². The molecule has 0 spiro atoms. The zero-order valence-corrected chi connectivity index (χ0v) is 25.8. The number of rotatable bonds is 14. The first kappa shape index (κ1) is 40.4. The Hall–Kier alpha value is -3.09. The summed E-state index contributed by atoms with van der Waals surface area (Å²) in [5.41, 5.74) is 11.6. The van der Waals surface area contributed by atoms with Gasteiger partial charge in [0.05, 0.1) is 25.9 Å². The van der Waals surface area contributed by atoms with Crippen molar-refractivity contribution in [3.05, 3.63) is 35.7 Å². The minimum Gasteiger partial charge on any atom is -0.480 e. The van der Waals surface area contributed by atoms with Gasteiger partial charge in [-0.1, -0.05) is 0 Å².